The van der Waals surface area contributed by atoms with Gasteiger partial charge in [-0.1, -0.05) is 35.3 Å². The molecule has 0 N–H and O–H groups in total. The number of aldehydes is 1. The van der Waals surface area contributed by atoms with Crippen LogP contribution in [0.4, 0.5) is 4.39 Å². The molecule has 0 aliphatic rings. The second kappa shape index (κ2) is 4.86. The first-order valence-corrected chi connectivity index (χ1v) is 5.57. The standard InChI is InChI=1S/C13H7Cl2FO/c14-9-2-4-12(15)11(6-9)10-3-1-8(7-17)5-13(10)16/h1-7H. The molecule has 2 rings (SSSR count). The van der Waals surface area contributed by atoms with E-state index in [1.807, 2.05) is 0 Å². The summed E-state index contributed by atoms with van der Waals surface area (Å²) in [6.07, 6.45) is 0.590. The van der Waals surface area contributed by atoms with Gasteiger partial charge < -0.3 is 0 Å². The van der Waals surface area contributed by atoms with Crippen molar-refractivity contribution >= 4 is 29.5 Å². The van der Waals surface area contributed by atoms with Gasteiger partial charge in [0, 0.05) is 26.7 Å². The fourth-order valence-electron chi connectivity index (χ4n) is 1.53. The molecule has 0 heterocycles. The molecule has 0 spiro atoms. The third-order valence-electron chi connectivity index (χ3n) is 2.35. The molecule has 0 amide bonds. The van der Waals surface area contributed by atoms with Gasteiger partial charge in [0.25, 0.3) is 0 Å². The van der Waals surface area contributed by atoms with Crippen LogP contribution in [0, 0.1) is 5.82 Å². The third kappa shape index (κ3) is 2.48. The molecule has 0 aliphatic carbocycles. The summed E-state index contributed by atoms with van der Waals surface area (Å²) in [7, 11) is 0. The predicted octanol–water partition coefficient (Wildman–Crippen LogP) is 4.61. The van der Waals surface area contributed by atoms with Gasteiger partial charge in [-0.25, -0.2) is 4.39 Å². The molecule has 2 aromatic rings. The van der Waals surface area contributed by atoms with Gasteiger partial charge in [-0.3, -0.25) is 4.79 Å². The maximum Gasteiger partial charge on any atom is 0.150 e. The lowest BCUT2D eigenvalue weighted by Gasteiger charge is -2.07. The number of hydrogen-bond donors (Lipinski definition) is 0. The first-order chi connectivity index (χ1) is 8.11. The highest BCUT2D eigenvalue weighted by molar-refractivity contribution is 6.35. The average Bonchev–Trinajstić information content (AvgIpc) is 2.32. The molecule has 0 saturated heterocycles. The molecule has 0 unspecified atom stereocenters. The molecule has 1 nitrogen and oxygen atoms in total. The Morgan fingerprint density at radius 1 is 1.00 bits per heavy atom. The summed E-state index contributed by atoms with van der Waals surface area (Å²) >= 11 is 11.8. The van der Waals surface area contributed by atoms with E-state index in [2.05, 4.69) is 0 Å². The van der Waals surface area contributed by atoms with E-state index in [-0.39, 0.29) is 5.56 Å². The minimum atomic E-state index is -0.501. The summed E-state index contributed by atoms with van der Waals surface area (Å²) < 4.78 is 13.8. The van der Waals surface area contributed by atoms with E-state index >= 15 is 0 Å². The van der Waals surface area contributed by atoms with Crippen LogP contribution in [0.3, 0.4) is 0 Å². The summed E-state index contributed by atoms with van der Waals surface area (Å²) in [5, 5.41) is 0.885. The highest BCUT2D eigenvalue weighted by Gasteiger charge is 2.10. The molecule has 0 fully saturated rings. The SMILES string of the molecule is O=Cc1ccc(-c2cc(Cl)ccc2Cl)c(F)c1. The van der Waals surface area contributed by atoms with Crippen LogP contribution in [0.25, 0.3) is 11.1 Å². The van der Waals surface area contributed by atoms with Crippen molar-refractivity contribution in [2.24, 2.45) is 0 Å². The monoisotopic (exact) mass is 268 g/mol. The molecule has 17 heavy (non-hydrogen) atoms. The van der Waals surface area contributed by atoms with E-state index in [0.29, 0.717) is 27.5 Å². The van der Waals surface area contributed by atoms with Gasteiger partial charge in [-0.2, -0.15) is 0 Å². The molecule has 0 radical (unpaired) electrons. The highest BCUT2D eigenvalue weighted by atomic mass is 35.5. The minimum Gasteiger partial charge on any atom is -0.298 e. The summed E-state index contributed by atoms with van der Waals surface area (Å²) in [5.74, 6) is -0.501. The Hall–Kier alpha value is -1.38. The quantitative estimate of drug-likeness (QED) is 0.727. The molecule has 86 valence electrons. The largest absolute Gasteiger partial charge is 0.298 e. The summed E-state index contributed by atoms with van der Waals surface area (Å²) in [6.45, 7) is 0. The normalized spacial score (nSPS) is 10.3. The van der Waals surface area contributed by atoms with Crippen molar-refractivity contribution in [3.63, 3.8) is 0 Å². The fraction of sp³-hybridized carbons (Fsp3) is 0. The zero-order chi connectivity index (χ0) is 12.4. The summed E-state index contributed by atoms with van der Waals surface area (Å²) in [5.41, 5.74) is 1.11. The summed E-state index contributed by atoms with van der Waals surface area (Å²) in [4.78, 5) is 10.5. The maximum atomic E-state index is 13.8. The molecule has 0 aromatic heterocycles. The molecule has 0 saturated carbocycles. The fourth-order valence-corrected chi connectivity index (χ4v) is 1.92. The van der Waals surface area contributed by atoms with Crippen molar-refractivity contribution in [1.82, 2.24) is 0 Å². The van der Waals surface area contributed by atoms with E-state index in [1.165, 1.54) is 18.2 Å². The molecule has 0 aliphatic heterocycles. The smallest absolute Gasteiger partial charge is 0.150 e. The van der Waals surface area contributed by atoms with E-state index in [9.17, 15) is 9.18 Å². The van der Waals surface area contributed by atoms with Gasteiger partial charge in [0.15, 0.2) is 0 Å². The van der Waals surface area contributed by atoms with Crippen LogP contribution >= 0.6 is 23.2 Å². The van der Waals surface area contributed by atoms with Crippen molar-refractivity contribution in [2.45, 2.75) is 0 Å². The summed E-state index contributed by atoms with van der Waals surface area (Å²) in [6, 6.07) is 9.03. The topological polar surface area (TPSA) is 17.1 Å². The molecule has 0 bridgehead atoms. The zero-order valence-electron chi connectivity index (χ0n) is 8.58. The van der Waals surface area contributed by atoms with Gasteiger partial charge in [0.2, 0.25) is 0 Å². The second-order valence-electron chi connectivity index (χ2n) is 3.48. The van der Waals surface area contributed by atoms with Gasteiger partial charge in [0.1, 0.15) is 12.1 Å². The second-order valence-corrected chi connectivity index (χ2v) is 4.32. The van der Waals surface area contributed by atoms with Gasteiger partial charge in [-0.15, -0.1) is 0 Å². The Morgan fingerprint density at radius 2 is 1.76 bits per heavy atom. The zero-order valence-corrected chi connectivity index (χ0v) is 10.1. The number of carbonyl (C=O) groups excluding carboxylic acids is 1. The lowest BCUT2D eigenvalue weighted by atomic mass is 10.0. The van der Waals surface area contributed by atoms with Crippen LogP contribution in [0.15, 0.2) is 36.4 Å². The highest BCUT2D eigenvalue weighted by Crippen LogP contribution is 2.32. The molecule has 0 atom stereocenters. The van der Waals surface area contributed by atoms with E-state index in [1.54, 1.807) is 18.2 Å². The van der Waals surface area contributed by atoms with E-state index < -0.39 is 5.82 Å². The Balaban J connectivity index is 2.60. The Morgan fingerprint density at radius 3 is 2.41 bits per heavy atom. The molecule has 4 heteroatoms. The van der Waals surface area contributed by atoms with E-state index in [4.69, 9.17) is 23.2 Å². The average molecular weight is 269 g/mol. The van der Waals surface area contributed by atoms with Crippen LogP contribution in [-0.4, -0.2) is 6.29 Å². The number of carbonyl (C=O) groups is 1. The van der Waals surface area contributed by atoms with Crippen LogP contribution in [0.2, 0.25) is 10.0 Å². The van der Waals surface area contributed by atoms with Gasteiger partial charge >= 0.3 is 0 Å². The molecular formula is C13H7Cl2FO. The van der Waals surface area contributed by atoms with Crippen molar-refractivity contribution in [2.75, 3.05) is 0 Å². The number of rotatable bonds is 2. The maximum absolute atomic E-state index is 13.8. The predicted molar refractivity (Wildman–Crippen MR) is 67.2 cm³/mol. The van der Waals surface area contributed by atoms with Gasteiger partial charge in [0.05, 0.1) is 0 Å². The van der Waals surface area contributed by atoms with E-state index in [0.717, 1.165) is 0 Å². The van der Waals surface area contributed by atoms with Crippen molar-refractivity contribution in [3.05, 3.63) is 57.8 Å². The Kier molecular flexibility index (Phi) is 3.46. The molecular weight excluding hydrogens is 262 g/mol. The lowest BCUT2D eigenvalue weighted by Crippen LogP contribution is -1.89. The van der Waals surface area contributed by atoms with Crippen LogP contribution in [-0.2, 0) is 0 Å². The van der Waals surface area contributed by atoms with Crippen LogP contribution in [0.1, 0.15) is 10.4 Å². The van der Waals surface area contributed by atoms with Crippen molar-refractivity contribution in [1.29, 1.82) is 0 Å². The molecule has 2 aromatic carbocycles. The van der Waals surface area contributed by atoms with Crippen LogP contribution < -0.4 is 0 Å². The van der Waals surface area contributed by atoms with Gasteiger partial charge in [-0.05, 0) is 24.3 Å². The number of halogens is 3. The van der Waals surface area contributed by atoms with Crippen molar-refractivity contribution in [3.8, 4) is 11.1 Å². The Bertz CT molecular complexity index is 582. The van der Waals surface area contributed by atoms with Crippen molar-refractivity contribution < 1.29 is 9.18 Å². The Labute approximate surface area is 108 Å². The number of hydrogen-bond acceptors (Lipinski definition) is 1. The van der Waals surface area contributed by atoms with Crippen LogP contribution in [0.5, 0.6) is 0 Å². The first kappa shape index (κ1) is 12.1. The minimum absolute atomic E-state index is 0.282. The first-order valence-electron chi connectivity index (χ1n) is 4.82. The number of benzene rings is 2. The third-order valence-corrected chi connectivity index (χ3v) is 2.91. The lowest BCUT2D eigenvalue weighted by molar-refractivity contribution is 0.112.